The number of nitrogens with one attached hydrogen (secondary N) is 1. The van der Waals surface area contributed by atoms with Crippen LogP contribution in [0.1, 0.15) is 30.4 Å². The van der Waals surface area contributed by atoms with E-state index in [1.165, 1.54) is 30.4 Å². The molecule has 2 fully saturated rings. The van der Waals surface area contributed by atoms with Crippen LogP contribution in [-0.2, 0) is 17.9 Å². The fourth-order valence-corrected chi connectivity index (χ4v) is 4.14. The number of hydrogen-bond donors (Lipinski definition) is 1. The maximum Gasteiger partial charge on any atom is 0.240 e. The Balaban J connectivity index is 1.51. The van der Waals surface area contributed by atoms with E-state index in [9.17, 15) is 4.79 Å². The summed E-state index contributed by atoms with van der Waals surface area (Å²) in [4.78, 5) is 14.8. The molecule has 19 heavy (non-hydrogen) atoms. The van der Waals surface area contributed by atoms with Gasteiger partial charge in [-0.2, -0.15) is 0 Å². The lowest BCUT2D eigenvalue weighted by atomic mass is 9.93. The Kier molecular flexibility index (Phi) is 2.62. The zero-order valence-electron chi connectivity index (χ0n) is 11.1. The second kappa shape index (κ2) is 4.34. The summed E-state index contributed by atoms with van der Waals surface area (Å²) in [7, 11) is 0. The first-order valence-electron chi connectivity index (χ1n) is 7.42. The van der Waals surface area contributed by atoms with E-state index in [1.54, 1.807) is 0 Å². The normalized spacial score (nSPS) is 32.4. The summed E-state index contributed by atoms with van der Waals surface area (Å²) >= 11 is 0. The van der Waals surface area contributed by atoms with Crippen molar-refractivity contribution < 1.29 is 4.79 Å². The van der Waals surface area contributed by atoms with Crippen molar-refractivity contribution >= 4 is 5.91 Å². The van der Waals surface area contributed by atoms with E-state index < -0.39 is 0 Å². The minimum atomic E-state index is 0.0850. The van der Waals surface area contributed by atoms with E-state index in [2.05, 4.69) is 29.6 Å². The van der Waals surface area contributed by atoms with Crippen LogP contribution in [0, 0.1) is 11.8 Å². The smallest absolute Gasteiger partial charge is 0.240 e. The van der Waals surface area contributed by atoms with Crippen molar-refractivity contribution in [3.05, 3.63) is 35.4 Å². The number of rotatable bonds is 1. The van der Waals surface area contributed by atoms with E-state index in [4.69, 9.17) is 0 Å². The minimum Gasteiger partial charge on any atom is -0.333 e. The lowest BCUT2D eigenvalue weighted by Gasteiger charge is -2.24. The topological polar surface area (TPSA) is 32.3 Å². The first-order chi connectivity index (χ1) is 9.33. The van der Waals surface area contributed by atoms with E-state index in [0.717, 1.165) is 25.6 Å². The van der Waals surface area contributed by atoms with E-state index in [-0.39, 0.29) is 6.04 Å². The van der Waals surface area contributed by atoms with Gasteiger partial charge in [-0.05, 0) is 42.3 Å². The molecule has 2 aliphatic heterocycles. The predicted molar refractivity (Wildman–Crippen MR) is 73.3 cm³/mol. The summed E-state index contributed by atoms with van der Waals surface area (Å²) in [5.74, 6) is 1.67. The Hall–Kier alpha value is -1.35. The maximum absolute atomic E-state index is 12.7. The molecular weight excluding hydrogens is 236 g/mol. The number of nitrogens with zero attached hydrogens (tertiary/aromatic N) is 1. The molecule has 1 saturated carbocycles. The Morgan fingerprint density at radius 3 is 2.63 bits per heavy atom. The second-order valence-corrected chi connectivity index (χ2v) is 6.20. The molecule has 0 aromatic heterocycles. The van der Waals surface area contributed by atoms with Crippen LogP contribution in [0.2, 0.25) is 0 Å². The molecule has 1 aromatic carbocycles. The average molecular weight is 256 g/mol. The highest BCUT2D eigenvalue weighted by Gasteiger charge is 2.44. The molecule has 2 heterocycles. The molecule has 3 nitrogen and oxygen atoms in total. The van der Waals surface area contributed by atoms with Gasteiger partial charge in [-0.25, -0.2) is 0 Å². The number of amides is 1. The van der Waals surface area contributed by atoms with Crippen molar-refractivity contribution in [2.75, 3.05) is 6.54 Å². The van der Waals surface area contributed by atoms with Crippen LogP contribution in [0.4, 0.5) is 0 Å². The lowest BCUT2D eigenvalue weighted by Crippen LogP contribution is -2.44. The zero-order valence-corrected chi connectivity index (χ0v) is 11.1. The van der Waals surface area contributed by atoms with Crippen LogP contribution in [-0.4, -0.2) is 23.4 Å². The summed E-state index contributed by atoms with van der Waals surface area (Å²) in [5, 5.41) is 3.47. The fourth-order valence-electron chi connectivity index (χ4n) is 4.14. The molecule has 4 rings (SSSR count). The SMILES string of the molecule is O=C(C1NCC2CCCC21)N1Cc2ccccc2C1. The highest BCUT2D eigenvalue weighted by Crippen LogP contribution is 2.38. The van der Waals surface area contributed by atoms with Crippen LogP contribution in [0.25, 0.3) is 0 Å². The summed E-state index contributed by atoms with van der Waals surface area (Å²) in [6.07, 6.45) is 3.84. The third-order valence-electron chi connectivity index (χ3n) is 5.16. The Labute approximate surface area is 114 Å². The Morgan fingerprint density at radius 2 is 1.89 bits per heavy atom. The third kappa shape index (κ3) is 1.79. The van der Waals surface area contributed by atoms with Crippen molar-refractivity contribution in [3.63, 3.8) is 0 Å². The fraction of sp³-hybridized carbons (Fsp3) is 0.562. The number of hydrogen-bond acceptors (Lipinski definition) is 2. The highest BCUT2D eigenvalue weighted by molar-refractivity contribution is 5.83. The Morgan fingerprint density at radius 1 is 1.16 bits per heavy atom. The molecule has 0 radical (unpaired) electrons. The number of carbonyl (C=O) groups is 1. The van der Waals surface area contributed by atoms with Gasteiger partial charge in [0.2, 0.25) is 5.91 Å². The molecule has 1 aliphatic carbocycles. The minimum absolute atomic E-state index is 0.0850. The van der Waals surface area contributed by atoms with Crippen molar-refractivity contribution in [1.82, 2.24) is 10.2 Å². The van der Waals surface area contributed by atoms with Gasteiger partial charge in [-0.15, -0.1) is 0 Å². The first-order valence-corrected chi connectivity index (χ1v) is 7.42. The molecule has 0 spiro atoms. The van der Waals surface area contributed by atoms with Gasteiger partial charge in [0.1, 0.15) is 0 Å². The largest absolute Gasteiger partial charge is 0.333 e. The molecule has 100 valence electrons. The number of carbonyl (C=O) groups excluding carboxylic acids is 1. The lowest BCUT2D eigenvalue weighted by molar-refractivity contribution is -0.134. The second-order valence-electron chi connectivity index (χ2n) is 6.20. The number of fused-ring (bicyclic) bond motifs is 2. The van der Waals surface area contributed by atoms with Crippen molar-refractivity contribution in [1.29, 1.82) is 0 Å². The summed E-state index contributed by atoms with van der Waals surface area (Å²) < 4.78 is 0. The van der Waals surface area contributed by atoms with Gasteiger partial charge in [-0.3, -0.25) is 4.79 Å². The van der Waals surface area contributed by atoms with E-state index >= 15 is 0 Å². The quantitative estimate of drug-likeness (QED) is 0.832. The van der Waals surface area contributed by atoms with Crippen LogP contribution in [0.15, 0.2) is 24.3 Å². The predicted octanol–water partition coefficient (Wildman–Crippen LogP) is 1.92. The molecule has 3 heteroatoms. The summed E-state index contributed by atoms with van der Waals surface area (Å²) in [5.41, 5.74) is 2.63. The molecule has 3 aliphatic rings. The van der Waals surface area contributed by atoms with Gasteiger partial charge in [-0.1, -0.05) is 30.7 Å². The molecule has 3 atom stereocenters. The van der Waals surface area contributed by atoms with Crippen molar-refractivity contribution in [3.8, 4) is 0 Å². The van der Waals surface area contributed by atoms with Crippen LogP contribution < -0.4 is 5.32 Å². The third-order valence-corrected chi connectivity index (χ3v) is 5.16. The van der Waals surface area contributed by atoms with Crippen LogP contribution >= 0.6 is 0 Å². The van der Waals surface area contributed by atoms with Gasteiger partial charge in [0.15, 0.2) is 0 Å². The van der Waals surface area contributed by atoms with Crippen LogP contribution in [0.5, 0.6) is 0 Å². The van der Waals surface area contributed by atoms with Gasteiger partial charge in [0.25, 0.3) is 0 Å². The van der Waals surface area contributed by atoms with Crippen molar-refractivity contribution in [2.45, 2.75) is 38.4 Å². The molecule has 1 N–H and O–H groups in total. The molecule has 1 amide bonds. The molecule has 1 saturated heterocycles. The Bertz CT molecular complexity index is 488. The van der Waals surface area contributed by atoms with Gasteiger partial charge >= 0.3 is 0 Å². The zero-order chi connectivity index (χ0) is 12.8. The van der Waals surface area contributed by atoms with Crippen molar-refractivity contribution in [2.24, 2.45) is 11.8 Å². The molecule has 3 unspecified atom stereocenters. The maximum atomic E-state index is 12.7. The van der Waals surface area contributed by atoms with E-state index in [0.29, 0.717) is 11.8 Å². The monoisotopic (exact) mass is 256 g/mol. The van der Waals surface area contributed by atoms with Crippen LogP contribution in [0.3, 0.4) is 0 Å². The summed E-state index contributed by atoms with van der Waals surface area (Å²) in [6, 6.07) is 8.50. The average Bonchev–Trinajstić information content (AvgIpc) is 3.12. The summed E-state index contributed by atoms with van der Waals surface area (Å²) in [6.45, 7) is 2.64. The molecule has 0 bridgehead atoms. The van der Waals surface area contributed by atoms with Gasteiger partial charge in [0.05, 0.1) is 6.04 Å². The van der Waals surface area contributed by atoms with Gasteiger partial charge < -0.3 is 10.2 Å². The van der Waals surface area contributed by atoms with E-state index in [1.807, 2.05) is 4.90 Å². The molecule has 1 aromatic rings. The molecular formula is C16H20N2O. The van der Waals surface area contributed by atoms with Gasteiger partial charge in [0, 0.05) is 13.1 Å². The highest BCUT2D eigenvalue weighted by atomic mass is 16.2. The standard InChI is InChI=1S/C16H20N2O/c19-16(15-14-7-3-6-11(14)8-17-15)18-9-12-4-1-2-5-13(12)10-18/h1-2,4-5,11,14-15,17H,3,6-10H2. The first kappa shape index (κ1) is 11.5. The number of benzene rings is 1.